The van der Waals surface area contributed by atoms with Gasteiger partial charge in [0, 0.05) is 0 Å². The molecule has 0 radical (unpaired) electrons. The van der Waals surface area contributed by atoms with Gasteiger partial charge in [-0.1, -0.05) is 27.7 Å². The van der Waals surface area contributed by atoms with Crippen LogP contribution in [0.1, 0.15) is 54.4 Å². The Morgan fingerprint density at radius 1 is 0.733 bits per heavy atom. The van der Waals surface area contributed by atoms with Gasteiger partial charge in [-0.05, 0) is 43.9 Å². The molecule has 2 atom stereocenters. The van der Waals surface area contributed by atoms with Gasteiger partial charge < -0.3 is 10.2 Å². The molecule has 0 aliphatic rings. The van der Waals surface area contributed by atoms with Crippen LogP contribution in [0, 0.1) is 17.3 Å². The molecule has 0 aliphatic heterocycles. The van der Waals surface area contributed by atoms with Crippen LogP contribution in [0.5, 0.6) is 0 Å². The minimum Gasteiger partial charge on any atom is -0.393 e. The van der Waals surface area contributed by atoms with Crippen molar-refractivity contribution in [2.24, 2.45) is 17.3 Å². The summed E-state index contributed by atoms with van der Waals surface area (Å²) in [5, 5.41) is 19.2. The summed E-state index contributed by atoms with van der Waals surface area (Å²) >= 11 is 0. The van der Waals surface area contributed by atoms with E-state index in [1.54, 1.807) is 0 Å². The van der Waals surface area contributed by atoms with E-state index in [1.165, 1.54) is 0 Å². The number of aliphatic hydroxyl groups excluding tert-OH is 2. The van der Waals surface area contributed by atoms with Gasteiger partial charge in [-0.15, -0.1) is 0 Å². The topological polar surface area (TPSA) is 40.5 Å². The van der Waals surface area contributed by atoms with Gasteiger partial charge in [0.1, 0.15) is 0 Å². The molecule has 0 bridgehead atoms. The molecule has 0 aromatic rings. The van der Waals surface area contributed by atoms with Gasteiger partial charge in [-0.3, -0.25) is 0 Å². The van der Waals surface area contributed by atoms with Gasteiger partial charge >= 0.3 is 0 Å². The van der Waals surface area contributed by atoms with Crippen LogP contribution in [0.3, 0.4) is 0 Å². The maximum absolute atomic E-state index is 9.62. The molecule has 15 heavy (non-hydrogen) atoms. The second kappa shape index (κ2) is 5.86. The summed E-state index contributed by atoms with van der Waals surface area (Å²) < 4.78 is 0. The Morgan fingerprint density at radius 2 is 1.00 bits per heavy atom. The van der Waals surface area contributed by atoms with Gasteiger partial charge in [0.15, 0.2) is 0 Å². The van der Waals surface area contributed by atoms with E-state index in [1.807, 2.05) is 13.8 Å². The molecule has 0 rings (SSSR count). The van der Waals surface area contributed by atoms with Crippen LogP contribution < -0.4 is 0 Å². The third-order valence-corrected chi connectivity index (χ3v) is 3.65. The zero-order valence-electron chi connectivity index (χ0n) is 11.1. The first kappa shape index (κ1) is 14.9. The highest BCUT2D eigenvalue weighted by Crippen LogP contribution is 2.44. The van der Waals surface area contributed by atoms with Gasteiger partial charge in [-0.2, -0.15) is 0 Å². The largest absolute Gasteiger partial charge is 0.393 e. The van der Waals surface area contributed by atoms with Gasteiger partial charge in [0.2, 0.25) is 0 Å². The Balaban J connectivity index is 4.90. The van der Waals surface area contributed by atoms with E-state index in [-0.39, 0.29) is 17.6 Å². The van der Waals surface area contributed by atoms with Crippen molar-refractivity contribution in [1.82, 2.24) is 0 Å². The molecule has 0 aromatic heterocycles. The average Bonchev–Trinajstić information content (AvgIpc) is 1.99. The Labute approximate surface area is 94.7 Å². The maximum Gasteiger partial charge on any atom is 0.0517 e. The lowest BCUT2D eigenvalue weighted by atomic mass is 9.63. The zero-order valence-corrected chi connectivity index (χ0v) is 11.1. The van der Waals surface area contributed by atoms with Crippen LogP contribution >= 0.6 is 0 Å². The quantitative estimate of drug-likeness (QED) is 0.717. The summed E-state index contributed by atoms with van der Waals surface area (Å²) in [6.07, 6.45) is 0.947. The second-order valence-corrected chi connectivity index (χ2v) is 5.65. The van der Waals surface area contributed by atoms with Crippen molar-refractivity contribution in [3.8, 4) is 0 Å². The molecule has 2 nitrogen and oxygen atoms in total. The molecular formula is C13H28O2. The van der Waals surface area contributed by atoms with Crippen molar-refractivity contribution in [2.75, 3.05) is 0 Å². The molecular weight excluding hydrogens is 188 g/mol. The van der Waals surface area contributed by atoms with Crippen LogP contribution in [-0.2, 0) is 0 Å². The third kappa shape index (κ3) is 4.12. The lowest BCUT2D eigenvalue weighted by Gasteiger charge is -2.43. The highest BCUT2D eigenvalue weighted by atomic mass is 16.3. The smallest absolute Gasteiger partial charge is 0.0517 e. The van der Waals surface area contributed by atoms with E-state index >= 15 is 0 Å². The zero-order chi connectivity index (χ0) is 12.2. The molecule has 0 saturated carbocycles. The van der Waals surface area contributed by atoms with Gasteiger partial charge in [-0.25, -0.2) is 0 Å². The van der Waals surface area contributed by atoms with E-state index in [2.05, 4.69) is 27.7 Å². The van der Waals surface area contributed by atoms with Crippen LogP contribution in [0.25, 0.3) is 0 Å². The van der Waals surface area contributed by atoms with E-state index in [4.69, 9.17) is 0 Å². The highest BCUT2D eigenvalue weighted by Gasteiger charge is 2.38. The summed E-state index contributed by atoms with van der Waals surface area (Å²) in [5.41, 5.74) is 0.0440. The fourth-order valence-corrected chi connectivity index (χ4v) is 2.79. The number of aliphatic hydroxyl groups is 2. The molecule has 2 N–H and O–H groups in total. The first-order valence-corrected chi connectivity index (χ1v) is 6.08. The second-order valence-electron chi connectivity index (χ2n) is 5.65. The van der Waals surface area contributed by atoms with Crippen molar-refractivity contribution in [2.45, 2.75) is 66.6 Å². The van der Waals surface area contributed by atoms with Gasteiger partial charge in [0.05, 0.1) is 12.2 Å². The molecule has 0 fully saturated rings. The molecule has 0 spiro atoms. The fraction of sp³-hybridized carbons (Fsp3) is 1.00. The van der Waals surface area contributed by atoms with Crippen LogP contribution in [-0.4, -0.2) is 22.4 Å². The van der Waals surface area contributed by atoms with E-state index < -0.39 is 0 Å². The van der Waals surface area contributed by atoms with Gasteiger partial charge in [0.25, 0.3) is 0 Å². The van der Waals surface area contributed by atoms with Crippen molar-refractivity contribution in [3.05, 3.63) is 0 Å². The maximum atomic E-state index is 9.62. The first-order valence-electron chi connectivity index (χ1n) is 6.08. The van der Waals surface area contributed by atoms with Crippen LogP contribution in [0.4, 0.5) is 0 Å². The van der Waals surface area contributed by atoms with Crippen molar-refractivity contribution in [3.63, 3.8) is 0 Å². The van der Waals surface area contributed by atoms with Crippen LogP contribution in [0.15, 0.2) is 0 Å². The SMILES string of the molecule is CC(O)CC(CC(C)O)(C(C)C)C(C)C. The standard InChI is InChI=1S/C13H28O2/c1-9(2)13(10(3)4,7-11(5)14)8-12(6)15/h9-12,14-15H,7-8H2,1-6H3. The lowest BCUT2D eigenvalue weighted by molar-refractivity contribution is -0.00656. The van der Waals surface area contributed by atoms with Crippen molar-refractivity contribution < 1.29 is 10.2 Å². The highest BCUT2D eigenvalue weighted by molar-refractivity contribution is 4.88. The molecule has 0 saturated heterocycles. The molecule has 0 aromatic carbocycles. The lowest BCUT2D eigenvalue weighted by Crippen LogP contribution is -2.38. The summed E-state index contributed by atoms with van der Waals surface area (Å²) in [7, 11) is 0. The van der Waals surface area contributed by atoms with E-state index in [0.29, 0.717) is 11.8 Å². The Morgan fingerprint density at radius 3 is 1.13 bits per heavy atom. The summed E-state index contributed by atoms with van der Waals surface area (Å²) in [6.45, 7) is 12.4. The number of rotatable bonds is 6. The Kier molecular flexibility index (Phi) is 5.82. The van der Waals surface area contributed by atoms with Crippen molar-refractivity contribution >= 4 is 0 Å². The predicted molar refractivity (Wildman–Crippen MR) is 64.7 cm³/mol. The van der Waals surface area contributed by atoms with E-state index in [0.717, 1.165) is 12.8 Å². The van der Waals surface area contributed by atoms with Crippen LogP contribution in [0.2, 0.25) is 0 Å². The predicted octanol–water partition coefficient (Wildman–Crippen LogP) is 2.83. The minimum absolute atomic E-state index is 0.0440. The summed E-state index contributed by atoms with van der Waals surface area (Å²) in [6, 6.07) is 0. The molecule has 0 amide bonds. The molecule has 92 valence electrons. The summed E-state index contributed by atoms with van der Waals surface area (Å²) in [5.74, 6) is 0.948. The normalized spacial score (nSPS) is 17.2. The number of hydrogen-bond acceptors (Lipinski definition) is 2. The average molecular weight is 216 g/mol. The Bertz CT molecular complexity index is 151. The summed E-state index contributed by atoms with van der Waals surface area (Å²) in [4.78, 5) is 0. The molecule has 0 aliphatic carbocycles. The van der Waals surface area contributed by atoms with Crippen molar-refractivity contribution in [1.29, 1.82) is 0 Å². The first-order chi connectivity index (χ1) is 6.72. The van der Waals surface area contributed by atoms with E-state index in [9.17, 15) is 10.2 Å². The minimum atomic E-state index is -0.298. The molecule has 2 unspecified atom stereocenters. The third-order valence-electron chi connectivity index (χ3n) is 3.65. The molecule has 0 heterocycles. The monoisotopic (exact) mass is 216 g/mol. The molecule has 2 heteroatoms. The Hall–Kier alpha value is -0.0800. The fourth-order valence-electron chi connectivity index (χ4n) is 2.79. The number of hydrogen-bond donors (Lipinski definition) is 2.